The van der Waals surface area contributed by atoms with Gasteiger partial charge in [-0.1, -0.05) is 24.3 Å². The largest absolute Gasteiger partial charge is 0.393 e. The number of nitrogens with one attached hydrogen (secondary N) is 1. The third kappa shape index (κ3) is 4.49. The van der Waals surface area contributed by atoms with E-state index in [9.17, 15) is 24.3 Å². The van der Waals surface area contributed by atoms with E-state index >= 15 is 0 Å². The van der Waals surface area contributed by atoms with E-state index in [0.717, 1.165) is 10.5 Å². The summed E-state index contributed by atoms with van der Waals surface area (Å²) < 4.78 is 0. The van der Waals surface area contributed by atoms with Gasteiger partial charge in [0.25, 0.3) is 11.8 Å². The first-order chi connectivity index (χ1) is 14.9. The molecule has 8 heteroatoms. The van der Waals surface area contributed by atoms with E-state index in [1.54, 1.807) is 53.4 Å². The standard InChI is InChI=1S/C23H23N3O5/c27-17-9-11-25(12-10-17)21(29)13-15-5-7-16(8-6-15)24-20(28)14-26-22(30)18-3-1-2-4-19(18)23(26)31/h1-8,17,27H,9-14H2,(H,24,28). The lowest BCUT2D eigenvalue weighted by atomic mass is 10.1. The van der Waals surface area contributed by atoms with Gasteiger partial charge in [0.15, 0.2) is 0 Å². The van der Waals surface area contributed by atoms with Crippen LogP contribution in [0.25, 0.3) is 0 Å². The van der Waals surface area contributed by atoms with E-state index in [1.807, 2.05) is 0 Å². The molecule has 2 aliphatic heterocycles. The van der Waals surface area contributed by atoms with Crippen molar-refractivity contribution < 1.29 is 24.3 Å². The summed E-state index contributed by atoms with van der Waals surface area (Å²) >= 11 is 0. The minimum Gasteiger partial charge on any atom is -0.393 e. The second kappa shape index (κ2) is 8.69. The number of anilines is 1. The second-order valence-electron chi connectivity index (χ2n) is 7.78. The molecule has 1 saturated heterocycles. The van der Waals surface area contributed by atoms with Gasteiger partial charge in [-0.15, -0.1) is 0 Å². The summed E-state index contributed by atoms with van der Waals surface area (Å²) in [5.41, 5.74) is 1.93. The predicted molar refractivity (Wildman–Crippen MR) is 112 cm³/mol. The minimum atomic E-state index is -0.481. The molecule has 0 saturated carbocycles. The molecule has 0 spiro atoms. The molecule has 2 aromatic rings. The summed E-state index contributed by atoms with van der Waals surface area (Å²) in [6.45, 7) is 0.755. The number of aliphatic hydroxyl groups is 1. The van der Waals surface area contributed by atoms with Crippen LogP contribution >= 0.6 is 0 Å². The van der Waals surface area contributed by atoms with Crippen molar-refractivity contribution in [1.29, 1.82) is 0 Å². The number of benzene rings is 2. The van der Waals surface area contributed by atoms with Crippen LogP contribution < -0.4 is 5.32 Å². The van der Waals surface area contributed by atoms with Crippen molar-refractivity contribution in [1.82, 2.24) is 9.80 Å². The van der Waals surface area contributed by atoms with E-state index in [1.165, 1.54) is 0 Å². The Labute approximate surface area is 179 Å². The third-order valence-corrected chi connectivity index (χ3v) is 5.59. The van der Waals surface area contributed by atoms with Crippen LogP contribution in [0.4, 0.5) is 5.69 Å². The first-order valence-corrected chi connectivity index (χ1v) is 10.2. The van der Waals surface area contributed by atoms with Crippen LogP contribution in [0, 0.1) is 0 Å². The number of imide groups is 1. The molecule has 31 heavy (non-hydrogen) atoms. The number of carbonyl (C=O) groups excluding carboxylic acids is 4. The van der Waals surface area contributed by atoms with Crippen LogP contribution in [0.3, 0.4) is 0 Å². The Balaban J connectivity index is 1.31. The Morgan fingerprint density at radius 1 is 0.935 bits per heavy atom. The Morgan fingerprint density at radius 2 is 1.52 bits per heavy atom. The number of nitrogens with zero attached hydrogens (tertiary/aromatic N) is 2. The van der Waals surface area contributed by atoms with Crippen molar-refractivity contribution >= 4 is 29.3 Å². The molecule has 2 aromatic carbocycles. The van der Waals surface area contributed by atoms with Gasteiger partial charge in [-0.25, -0.2) is 0 Å². The second-order valence-corrected chi connectivity index (χ2v) is 7.78. The molecular weight excluding hydrogens is 398 g/mol. The molecule has 2 heterocycles. The number of aliphatic hydroxyl groups excluding tert-OH is 1. The maximum absolute atomic E-state index is 12.4. The molecule has 0 radical (unpaired) electrons. The summed E-state index contributed by atoms with van der Waals surface area (Å²) in [4.78, 5) is 52.2. The number of hydrogen-bond donors (Lipinski definition) is 2. The van der Waals surface area contributed by atoms with E-state index < -0.39 is 17.7 Å². The number of rotatable bonds is 5. The van der Waals surface area contributed by atoms with Crippen molar-refractivity contribution in [3.05, 3.63) is 65.2 Å². The fourth-order valence-corrected chi connectivity index (χ4v) is 3.83. The van der Waals surface area contributed by atoms with Gasteiger partial charge in [0.2, 0.25) is 11.8 Å². The summed E-state index contributed by atoms with van der Waals surface area (Å²) in [6, 6.07) is 13.4. The molecule has 4 rings (SSSR count). The maximum atomic E-state index is 12.4. The molecule has 160 valence electrons. The molecule has 1 fully saturated rings. The monoisotopic (exact) mass is 421 g/mol. The molecule has 8 nitrogen and oxygen atoms in total. The lowest BCUT2D eigenvalue weighted by Crippen LogP contribution is -2.40. The van der Waals surface area contributed by atoms with Gasteiger partial charge in [0.1, 0.15) is 6.54 Å². The van der Waals surface area contributed by atoms with Crippen molar-refractivity contribution in [2.75, 3.05) is 25.0 Å². The van der Waals surface area contributed by atoms with Gasteiger partial charge in [0.05, 0.1) is 23.7 Å². The molecular formula is C23H23N3O5. The molecule has 0 aromatic heterocycles. The Kier molecular flexibility index (Phi) is 5.81. The Hall–Kier alpha value is -3.52. The highest BCUT2D eigenvalue weighted by Crippen LogP contribution is 2.22. The molecule has 0 atom stereocenters. The topological polar surface area (TPSA) is 107 Å². The van der Waals surface area contributed by atoms with Gasteiger partial charge in [-0.3, -0.25) is 24.1 Å². The minimum absolute atomic E-state index is 0.00862. The summed E-state index contributed by atoms with van der Waals surface area (Å²) in [7, 11) is 0. The summed E-state index contributed by atoms with van der Waals surface area (Å²) in [6.07, 6.45) is 1.12. The maximum Gasteiger partial charge on any atom is 0.262 e. The number of piperidine rings is 1. The summed E-state index contributed by atoms with van der Waals surface area (Å²) in [5, 5.41) is 12.2. The zero-order valence-electron chi connectivity index (χ0n) is 16.9. The first kappa shape index (κ1) is 20.7. The highest BCUT2D eigenvalue weighted by atomic mass is 16.3. The normalized spacial score (nSPS) is 16.4. The smallest absolute Gasteiger partial charge is 0.262 e. The van der Waals surface area contributed by atoms with Crippen molar-refractivity contribution in [3.63, 3.8) is 0 Å². The lowest BCUT2D eigenvalue weighted by molar-refractivity contribution is -0.132. The Bertz CT molecular complexity index is 991. The number of likely N-dealkylation sites (tertiary alicyclic amines) is 1. The highest BCUT2D eigenvalue weighted by Gasteiger charge is 2.36. The van der Waals surface area contributed by atoms with Crippen LogP contribution in [0.2, 0.25) is 0 Å². The zero-order valence-corrected chi connectivity index (χ0v) is 16.9. The molecule has 2 aliphatic rings. The van der Waals surface area contributed by atoms with E-state index in [0.29, 0.717) is 42.7 Å². The average molecular weight is 421 g/mol. The third-order valence-electron chi connectivity index (χ3n) is 5.59. The van der Waals surface area contributed by atoms with Crippen LogP contribution in [-0.2, 0) is 16.0 Å². The van der Waals surface area contributed by atoms with Gasteiger partial charge < -0.3 is 15.3 Å². The van der Waals surface area contributed by atoms with E-state index in [2.05, 4.69) is 5.32 Å². The predicted octanol–water partition coefficient (Wildman–Crippen LogP) is 1.45. The molecule has 0 unspecified atom stereocenters. The zero-order chi connectivity index (χ0) is 22.0. The van der Waals surface area contributed by atoms with E-state index in [4.69, 9.17) is 0 Å². The summed E-state index contributed by atoms with van der Waals surface area (Å²) in [5.74, 6) is -1.43. The SMILES string of the molecule is O=C(CN1C(=O)c2ccccc2C1=O)Nc1ccc(CC(=O)N2CCC(O)CC2)cc1. The first-order valence-electron chi connectivity index (χ1n) is 10.2. The van der Waals surface area contributed by atoms with Crippen LogP contribution in [0.15, 0.2) is 48.5 Å². The van der Waals surface area contributed by atoms with Gasteiger partial charge in [0, 0.05) is 18.8 Å². The highest BCUT2D eigenvalue weighted by molar-refractivity contribution is 6.22. The fourth-order valence-electron chi connectivity index (χ4n) is 3.83. The fraction of sp³-hybridized carbons (Fsp3) is 0.304. The van der Waals surface area contributed by atoms with Crippen LogP contribution in [0.1, 0.15) is 39.1 Å². The molecule has 4 amide bonds. The molecule has 0 aliphatic carbocycles. The molecule has 0 bridgehead atoms. The van der Waals surface area contributed by atoms with Gasteiger partial charge >= 0.3 is 0 Å². The van der Waals surface area contributed by atoms with Gasteiger partial charge in [-0.05, 0) is 42.7 Å². The number of amides is 4. The van der Waals surface area contributed by atoms with Crippen molar-refractivity contribution in [2.45, 2.75) is 25.4 Å². The molecule has 2 N–H and O–H groups in total. The van der Waals surface area contributed by atoms with Crippen molar-refractivity contribution in [3.8, 4) is 0 Å². The van der Waals surface area contributed by atoms with Crippen LogP contribution in [-0.4, -0.2) is 64.3 Å². The lowest BCUT2D eigenvalue weighted by Gasteiger charge is -2.29. The van der Waals surface area contributed by atoms with Gasteiger partial charge in [-0.2, -0.15) is 0 Å². The Morgan fingerprint density at radius 3 is 2.10 bits per heavy atom. The number of fused-ring (bicyclic) bond motifs is 1. The van der Waals surface area contributed by atoms with Crippen LogP contribution in [0.5, 0.6) is 0 Å². The van der Waals surface area contributed by atoms with E-state index in [-0.39, 0.29) is 25.0 Å². The average Bonchev–Trinajstić information content (AvgIpc) is 3.00. The number of hydrogen-bond acceptors (Lipinski definition) is 5. The quantitative estimate of drug-likeness (QED) is 0.711. The van der Waals surface area contributed by atoms with Crippen molar-refractivity contribution in [2.24, 2.45) is 0 Å². The number of carbonyl (C=O) groups is 4.